The molecular weight excluding hydrogens is 297 g/mol. The SMILES string of the molecule is O=C(c1ccc(F)cc1)[C@@H]1CCCN(C(=O)COCC2CC2)C1. The van der Waals surface area contributed by atoms with Crippen LogP contribution in [0.3, 0.4) is 0 Å². The van der Waals surface area contributed by atoms with Crippen LogP contribution in [0.2, 0.25) is 0 Å². The second-order valence-electron chi connectivity index (χ2n) is 6.51. The zero-order valence-corrected chi connectivity index (χ0v) is 13.2. The first-order valence-corrected chi connectivity index (χ1v) is 8.29. The summed E-state index contributed by atoms with van der Waals surface area (Å²) in [5.74, 6) is 0.0250. The van der Waals surface area contributed by atoms with Gasteiger partial charge in [-0.2, -0.15) is 0 Å². The largest absolute Gasteiger partial charge is 0.371 e. The molecule has 0 radical (unpaired) electrons. The van der Waals surface area contributed by atoms with E-state index in [1.54, 1.807) is 4.90 Å². The van der Waals surface area contributed by atoms with Crippen molar-refractivity contribution >= 4 is 11.7 Å². The van der Waals surface area contributed by atoms with E-state index in [9.17, 15) is 14.0 Å². The number of carbonyl (C=O) groups is 2. The smallest absolute Gasteiger partial charge is 0.248 e. The van der Waals surface area contributed by atoms with E-state index in [1.807, 2.05) is 0 Å². The quantitative estimate of drug-likeness (QED) is 0.757. The highest BCUT2D eigenvalue weighted by molar-refractivity contribution is 5.98. The lowest BCUT2D eigenvalue weighted by Crippen LogP contribution is -2.44. The summed E-state index contributed by atoms with van der Waals surface area (Å²) in [5.41, 5.74) is 0.510. The number of piperidine rings is 1. The van der Waals surface area contributed by atoms with E-state index < -0.39 is 0 Å². The lowest BCUT2D eigenvalue weighted by Gasteiger charge is -2.32. The van der Waals surface area contributed by atoms with Crippen molar-refractivity contribution in [3.63, 3.8) is 0 Å². The molecule has 4 nitrogen and oxygen atoms in total. The van der Waals surface area contributed by atoms with Crippen LogP contribution >= 0.6 is 0 Å². The van der Waals surface area contributed by atoms with Crippen LogP contribution in [-0.2, 0) is 9.53 Å². The van der Waals surface area contributed by atoms with Gasteiger partial charge in [0.05, 0.1) is 6.61 Å². The number of ether oxygens (including phenoxy) is 1. The minimum Gasteiger partial charge on any atom is -0.371 e. The van der Waals surface area contributed by atoms with E-state index >= 15 is 0 Å². The fourth-order valence-corrected chi connectivity index (χ4v) is 2.96. The minimum atomic E-state index is -0.352. The number of Topliss-reactive ketones (excluding diaryl/α,β-unsaturated/α-hetero) is 1. The zero-order chi connectivity index (χ0) is 16.2. The minimum absolute atomic E-state index is 0.0126. The number of benzene rings is 1. The topological polar surface area (TPSA) is 46.6 Å². The monoisotopic (exact) mass is 319 g/mol. The molecule has 0 aromatic heterocycles. The van der Waals surface area contributed by atoms with E-state index in [0.29, 0.717) is 31.2 Å². The lowest BCUT2D eigenvalue weighted by atomic mass is 9.90. The van der Waals surface area contributed by atoms with Gasteiger partial charge in [0.15, 0.2) is 5.78 Å². The van der Waals surface area contributed by atoms with Gasteiger partial charge in [0.2, 0.25) is 5.91 Å². The number of hydrogen-bond donors (Lipinski definition) is 0. The Morgan fingerprint density at radius 3 is 2.61 bits per heavy atom. The van der Waals surface area contributed by atoms with E-state index in [0.717, 1.165) is 12.8 Å². The first-order chi connectivity index (χ1) is 11.1. The highest BCUT2D eigenvalue weighted by Gasteiger charge is 2.29. The number of hydrogen-bond acceptors (Lipinski definition) is 3. The average Bonchev–Trinajstić information content (AvgIpc) is 3.39. The molecule has 2 aliphatic rings. The lowest BCUT2D eigenvalue weighted by molar-refractivity contribution is -0.137. The van der Waals surface area contributed by atoms with Crippen molar-refractivity contribution in [2.24, 2.45) is 11.8 Å². The predicted molar refractivity (Wildman–Crippen MR) is 83.6 cm³/mol. The molecule has 0 spiro atoms. The molecule has 0 N–H and O–H groups in total. The van der Waals surface area contributed by atoms with Crippen LogP contribution < -0.4 is 0 Å². The van der Waals surface area contributed by atoms with Gasteiger partial charge in [-0.25, -0.2) is 4.39 Å². The summed E-state index contributed by atoms with van der Waals surface area (Å²) in [5, 5.41) is 0. The standard InChI is InChI=1S/C18H22FNO3/c19-16-7-5-14(6-8-16)18(22)15-2-1-9-20(10-15)17(21)12-23-11-13-3-4-13/h5-8,13,15H,1-4,9-12H2/t15-/m1/s1. The molecule has 1 aromatic rings. The number of rotatable bonds is 6. The fourth-order valence-electron chi connectivity index (χ4n) is 2.96. The zero-order valence-electron chi connectivity index (χ0n) is 13.2. The van der Waals surface area contributed by atoms with E-state index in [1.165, 1.54) is 37.1 Å². The summed E-state index contributed by atoms with van der Waals surface area (Å²) < 4.78 is 18.4. The third kappa shape index (κ3) is 4.38. The summed E-state index contributed by atoms with van der Waals surface area (Å²) in [6.07, 6.45) is 3.98. The van der Waals surface area contributed by atoms with Crippen molar-refractivity contribution < 1.29 is 18.7 Å². The van der Waals surface area contributed by atoms with E-state index in [-0.39, 0.29) is 30.0 Å². The highest BCUT2D eigenvalue weighted by Crippen LogP contribution is 2.28. The molecule has 0 unspecified atom stereocenters. The molecule has 1 saturated heterocycles. The summed E-state index contributed by atoms with van der Waals surface area (Å²) >= 11 is 0. The summed E-state index contributed by atoms with van der Waals surface area (Å²) in [4.78, 5) is 26.4. The Morgan fingerprint density at radius 2 is 1.91 bits per heavy atom. The molecule has 23 heavy (non-hydrogen) atoms. The molecular formula is C18H22FNO3. The molecule has 2 fully saturated rings. The number of likely N-dealkylation sites (tertiary alicyclic amines) is 1. The van der Waals surface area contributed by atoms with Crippen molar-refractivity contribution in [3.05, 3.63) is 35.6 Å². The van der Waals surface area contributed by atoms with Crippen LogP contribution in [0.5, 0.6) is 0 Å². The second-order valence-corrected chi connectivity index (χ2v) is 6.51. The van der Waals surface area contributed by atoms with Crippen LogP contribution in [0.25, 0.3) is 0 Å². The summed E-state index contributed by atoms with van der Waals surface area (Å²) in [7, 11) is 0. The van der Waals surface area contributed by atoms with Gasteiger partial charge in [-0.05, 0) is 55.9 Å². The molecule has 3 rings (SSSR count). The number of carbonyl (C=O) groups excluding carboxylic acids is 2. The molecule has 1 aliphatic carbocycles. The summed E-state index contributed by atoms with van der Waals surface area (Å²) in [6.45, 7) is 1.88. The van der Waals surface area contributed by atoms with Gasteiger partial charge in [0, 0.05) is 24.6 Å². The third-order valence-corrected chi connectivity index (χ3v) is 4.55. The molecule has 0 bridgehead atoms. The number of amides is 1. The number of nitrogens with zero attached hydrogens (tertiary/aromatic N) is 1. The Morgan fingerprint density at radius 1 is 1.17 bits per heavy atom. The van der Waals surface area contributed by atoms with E-state index in [4.69, 9.17) is 4.74 Å². The molecule has 1 amide bonds. The van der Waals surface area contributed by atoms with Crippen LogP contribution in [0.1, 0.15) is 36.0 Å². The van der Waals surface area contributed by atoms with Gasteiger partial charge < -0.3 is 9.64 Å². The maximum absolute atomic E-state index is 13.0. The highest BCUT2D eigenvalue weighted by atomic mass is 19.1. The van der Waals surface area contributed by atoms with Gasteiger partial charge in [-0.1, -0.05) is 0 Å². The Kier molecular flexibility index (Phi) is 5.06. The molecule has 1 saturated carbocycles. The van der Waals surface area contributed by atoms with Crippen molar-refractivity contribution in [2.45, 2.75) is 25.7 Å². The maximum Gasteiger partial charge on any atom is 0.248 e. The Hall–Kier alpha value is -1.75. The first kappa shape index (κ1) is 16.1. The Balaban J connectivity index is 1.53. The first-order valence-electron chi connectivity index (χ1n) is 8.29. The molecule has 1 aliphatic heterocycles. The fraction of sp³-hybridized carbons (Fsp3) is 0.556. The van der Waals surface area contributed by atoms with Gasteiger partial charge in [0.25, 0.3) is 0 Å². The van der Waals surface area contributed by atoms with Crippen LogP contribution in [0, 0.1) is 17.7 Å². The predicted octanol–water partition coefficient (Wildman–Crippen LogP) is 2.67. The number of halogens is 1. The van der Waals surface area contributed by atoms with E-state index in [2.05, 4.69) is 0 Å². The van der Waals surface area contributed by atoms with Crippen molar-refractivity contribution in [3.8, 4) is 0 Å². The van der Waals surface area contributed by atoms with Gasteiger partial charge >= 0.3 is 0 Å². The summed E-state index contributed by atoms with van der Waals surface area (Å²) in [6, 6.07) is 5.61. The van der Waals surface area contributed by atoms with Crippen molar-refractivity contribution in [1.82, 2.24) is 4.90 Å². The maximum atomic E-state index is 13.0. The average molecular weight is 319 g/mol. The Bertz CT molecular complexity index is 568. The normalized spacial score (nSPS) is 21.3. The van der Waals surface area contributed by atoms with Crippen molar-refractivity contribution in [2.75, 3.05) is 26.3 Å². The van der Waals surface area contributed by atoms with Crippen molar-refractivity contribution in [1.29, 1.82) is 0 Å². The molecule has 124 valence electrons. The molecule has 1 aromatic carbocycles. The van der Waals surface area contributed by atoms with Crippen LogP contribution in [0.15, 0.2) is 24.3 Å². The third-order valence-electron chi connectivity index (χ3n) is 4.55. The second kappa shape index (κ2) is 7.21. The number of ketones is 1. The molecule has 1 heterocycles. The Labute approximate surface area is 135 Å². The van der Waals surface area contributed by atoms with Gasteiger partial charge in [0.1, 0.15) is 12.4 Å². The molecule has 1 atom stereocenters. The van der Waals surface area contributed by atoms with Gasteiger partial charge in [-0.3, -0.25) is 9.59 Å². The van der Waals surface area contributed by atoms with Gasteiger partial charge in [-0.15, -0.1) is 0 Å². The van der Waals surface area contributed by atoms with Crippen LogP contribution in [-0.4, -0.2) is 42.9 Å². The molecule has 5 heteroatoms. The van der Waals surface area contributed by atoms with Crippen LogP contribution in [0.4, 0.5) is 4.39 Å².